The van der Waals surface area contributed by atoms with E-state index in [0.717, 1.165) is 6.54 Å². The van der Waals surface area contributed by atoms with Crippen LogP contribution in [0.25, 0.3) is 0 Å². The zero-order valence-electron chi connectivity index (χ0n) is 9.48. The van der Waals surface area contributed by atoms with Crippen LogP contribution in [0.1, 0.15) is 19.8 Å². The van der Waals surface area contributed by atoms with Crippen LogP contribution in [0, 0.1) is 17.8 Å². The fourth-order valence-electron chi connectivity index (χ4n) is 2.12. The quantitative estimate of drug-likeness (QED) is 0.746. The number of carbonyl (C=O) groups excluding carboxylic acids is 1. The number of hydrogen-bond acceptors (Lipinski definition) is 2. The highest BCUT2D eigenvalue weighted by molar-refractivity contribution is 5.77. The Morgan fingerprint density at radius 2 is 2.06 bits per heavy atom. The van der Waals surface area contributed by atoms with Crippen LogP contribution in [0.4, 0.5) is 4.79 Å². The Morgan fingerprint density at radius 3 is 2.56 bits per heavy atom. The minimum absolute atomic E-state index is 0.0455. The summed E-state index contributed by atoms with van der Waals surface area (Å²) in [6.45, 7) is 3.51. The molecule has 2 atom stereocenters. The average Bonchev–Trinajstić information content (AvgIpc) is 2.96. The van der Waals surface area contributed by atoms with E-state index >= 15 is 0 Å². The van der Waals surface area contributed by atoms with E-state index in [9.17, 15) is 9.59 Å². The number of amides is 2. The van der Waals surface area contributed by atoms with E-state index in [1.165, 1.54) is 12.8 Å². The largest absolute Gasteiger partial charge is 0.481 e. The van der Waals surface area contributed by atoms with Gasteiger partial charge in [0.05, 0.1) is 5.92 Å². The van der Waals surface area contributed by atoms with Gasteiger partial charge >= 0.3 is 12.0 Å². The molecule has 0 spiro atoms. The number of hydrogen-bond donors (Lipinski definition) is 2. The van der Waals surface area contributed by atoms with Crippen LogP contribution < -0.4 is 5.32 Å². The fourth-order valence-corrected chi connectivity index (χ4v) is 2.12. The fraction of sp³-hybridized carbons (Fsp3) is 0.818. The van der Waals surface area contributed by atoms with E-state index in [1.54, 1.807) is 4.90 Å². The van der Waals surface area contributed by atoms with E-state index in [0.29, 0.717) is 19.0 Å². The minimum Gasteiger partial charge on any atom is -0.481 e. The summed E-state index contributed by atoms with van der Waals surface area (Å²) >= 11 is 0. The van der Waals surface area contributed by atoms with Crippen molar-refractivity contribution in [2.75, 3.05) is 19.6 Å². The highest BCUT2D eigenvalue weighted by Crippen LogP contribution is 2.28. The number of aliphatic carboxylic acids is 1. The van der Waals surface area contributed by atoms with Crippen molar-refractivity contribution < 1.29 is 14.7 Å². The molecule has 1 aliphatic heterocycles. The highest BCUT2D eigenvalue weighted by Gasteiger charge is 2.37. The lowest BCUT2D eigenvalue weighted by atomic mass is 9.99. The Bertz CT molecular complexity index is 302. The zero-order chi connectivity index (χ0) is 11.7. The molecule has 90 valence electrons. The van der Waals surface area contributed by atoms with Gasteiger partial charge in [0.2, 0.25) is 0 Å². The number of rotatable bonds is 3. The summed E-state index contributed by atoms with van der Waals surface area (Å²) < 4.78 is 0. The number of urea groups is 1. The summed E-state index contributed by atoms with van der Waals surface area (Å²) in [6, 6.07) is -0.109. The van der Waals surface area contributed by atoms with E-state index in [-0.39, 0.29) is 11.9 Å². The van der Waals surface area contributed by atoms with Crippen molar-refractivity contribution >= 4 is 12.0 Å². The molecule has 2 unspecified atom stereocenters. The van der Waals surface area contributed by atoms with Gasteiger partial charge in [-0.1, -0.05) is 6.92 Å². The Labute approximate surface area is 94.8 Å². The molecule has 2 amide bonds. The van der Waals surface area contributed by atoms with Gasteiger partial charge in [0.25, 0.3) is 0 Å². The topological polar surface area (TPSA) is 69.6 Å². The first-order chi connectivity index (χ1) is 7.58. The molecule has 0 radical (unpaired) electrons. The molecule has 1 saturated carbocycles. The van der Waals surface area contributed by atoms with Crippen molar-refractivity contribution in [2.45, 2.75) is 19.8 Å². The summed E-state index contributed by atoms with van der Waals surface area (Å²) in [5.74, 6) is -0.514. The number of carbonyl (C=O) groups is 2. The molecule has 1 heterocycles. The summed E-state index contributed by atoms with van der Waals surface area (Å²) in [4.78, 5) is 24.2. The lowest BCUT2D eigenvalue weighted by Crippen LogP contribution is -2.39. The molecule has 2 fully saturated rings. The van der Waals surface area contributed by atoms with Crippen LogP contribution >= 0.6 is 0 Å². The molecule has 1 aliphatic carbocycles. The maximum absolute atomic E-state index is 11.7. The number of carboxylic acids is 1. The molecule has 0 aromatic heterocycles. The average molecular weight is 226 g/mol. The van der Waals surface area contributed by atoms with Crippen LogP contribution in [-0.2, 0) is 4.79 Å². The lowest BCUT2D eigenvalue weighted by Gasteiger charge is -2.16. The number of carboxylic acid groups (broad SMARTS) is 1. The minimum atomic E-state index is -0.801. The van der Waals surface area contributed by atoms with Crippen molar-refractivity contribution in [2.24, 2.45) is 17.8 Å². The molecule has 0 aromatic carbocycles. The van der Waals surface area contributed by atoms with Gasteiger partial charge in [-0.25, -0.2) is 4.79 Å². The second-order valence-corrected chi connectivity index (χ2v) is 4.96. The third-order valence-corrected chi connectivity index (χ3v) is 3.46. The maximum Gasteiger partial charge on any atom is 0.317 e. The molecule has 5 nitrogen and oxygen atoms in total. The van der Waals surface area contributed by atoms with Crippen molar-refractivity contribution in [3.63, 3.8) is 0 Å². The van der Waals surface area contributed by atoms with Gasteiger partial charge in [-0.05, 0) is 24.7 Å². The number of nitrogens with zero attached hydrogens (tertiary/aromatic N) is 1. The lowest BCUT2D eigenvalue weighted by molar-refractivity contribution is -0.142. The first kappa shape index (κ1) is 11.2. The predicted molar refractivity (Wildman–Crippen MR) is 58.0 cm³/mol. The SMILES string of the molecule is CC1CN(C(=O)NCC2CC2)CC1C(=O)O. The maximum atomic E-state index is 11.7. The van der Waals surface area contributed by atoms with Crippen molar-refractivity contribution in [3.05, 3.63) is 0 Å². The molecule has 16 heavy (non-hydrogen) atoms. The second kappa shape index (κ2) is 4.31. The van der Waals surface area contributed by atoms with Crippen LogP contribution in [-0.4, -0.2) is 41.6 Å². The van der Waals surface area contributed by atoms with Gasteiger partial charge in [0.15, 0.2) is 0 Å². The molecule has 0 bridgehead atoms. The Kier molecular flexibility index (Phi) is 3.03. The third-order valence-electron chi connectivity index (χ3n) is 3.46. The smallest absolute Gasteiger partial charge is 0.317 e. The zero-order valence-corrected chi connectivity index (χ0v) is 9.48. The van der Waals surface area contributed by atoms with E-state index in [1.807, 2.05) is 6.92 Å². The van der Waals surface area contributed by atoms with Crippen molar-refractivity contribution in [1.29, 1.82) is 0 Å². The Balaban J connectivity index is 1.81. The Morgan fingerprint density at radius 1 is 1.38 bits per heavy atom. The molecular formula is C11H18N2O3. The van der Waals surface area contributed by atoms with Crippen LogP contribution in [0.5, 0.6) is 0 Å². The number of nitrogens with one attached hydrogen (secondary N) is 1. The van der Waals surface area contributed by atoms with E-state index in [4.69, 9.17) is 5.11 Å². The van der Waals surface area contributed by atoms with Crippen molar-refractivity contribution in [3.8, 4) is 0 Å². The molecule has 2 aliphatic rings. The van der Waals surface area contributed by atoms with Crippen LogP contribution in [0.3, 0.4) is 0 Å². The van der Waals surface area contributed by atoms with Gasteiger partial charge in [-0.15, -0.1) is 0 Å². The monoisotopic (exact) mass is 226 g/mol. The first-order valence-corrected chi connectivity index (χ1v) is 5.83. The van der Waals surface area contributed by atoms with E-state index in [2.05, 4.69) is 5.32 Å². The van der Waals surface area contributed by atoms with Gasteiger partial charge in [-0.3, -0.25) is 4.79 Å². The van der Waals surface area contributed by atoms with Crippen LogP contribution in [0.15, 0.2) is 0 Å². The van der Waals surface area contributed by atoms with E-state index < -0.39 is 11.9 Å². The summed E-state index contributed by atoms with van der Waals surface area (Å²) in [7, 11) is 0. The Hall–Kier alpha value is -1.26. The highest BCUT2D eigenvalue weighted by atomic mass is 16.4. The summed E-state index contributed by atoms with van der Waals surface area (Å²) in [5, 5.41) is 11.8. The van der Waals surface area contributed by atoms with Crippen molar-refractivity contribution in [1.82, 2.24) is 10.2 Å². The normalized spacial score (nSPS) is 29.2. The van der Waals surface area contributed by atoms with Gasteiger partial charge in [0, 0.05) is 19.6 Å². The molecule has 1 saturated heterocycles. The molecule has 0 aromatic rings. The van der Waals surface area contributed by atoms with Gasteiger partial charge in [0.1, 0.15) is 0 Å². The number of likely N-dealkylation sites (tertiary alicyclic amines) is 1. The summed E-state index contributed by atoms with van der Waals surface area (Å²) in [6.07, 6.45) is 2.41. The third kappa shape index (κ3) is 2.46. The molecular weight excluding hydrogens is 208 g/mol. The van der Waals surface area contributed by atoms with Gasteiger partial charge < -0.3 is 15.3 Å². The van der Waals surface area contributed by atoms with Crippen LogP contribution in [0.2, 0.25) is 0 Å². The standard InChI is InChI=1S/C11H18N2O3/c1-7-5-13(6-9(7)10(14)15)11(16)12-4-8-2-3-8/h7-9H,2-6H2,1H3,(H,12,16)(H,14,15). The molecule has 2 rings (SSSR count). The molecule has 2 N–H and O–H groups in total. The summed E-state index contributed by atoms with van der Waals surface area (Å²) in [5.41, 5.74) is 0. The second-order valence-electron chi connectivity index (χ2n) is 4.96. The molecule has 5 heteroatoms. The first-order valence-electron chi connectivity index (χ1n) is 5.83. The van der Waals surface area contributed by atoms with Gasteiger partial charge in [-0.2, -0.15) is 0 Å². The predicted octanol–water partition coefficient (Wildman–Crippen LogP) is 0.758.